The lowest BCUT2D eigenvalue weighted by atomic mass is 10.4. The lowest BCUT2D eigenvalue weighted by Gasteiger charge is -2.21. The van der Waals surface area contributed by atoms with E-state index in [9.17, 15) is 8.42 Å². The van der Waals surface area contributed by atoms with Gasteiger partial charge in [0.1, 0.15) is 0 Å². The van der Waals surface area contributed by atoms with Crippen LogP contribution in [0.4, 0.5) is 0 Å². The lowest BCUT2D eigenvalue weighted by Crippen LogP contribution is -2.34. The van der Waals surface area contributed by atoms with Crippen molar-refractivity contribution in [1.29, 1.82) is 0 Å². The summed E-state index contributed by atoms with van der Waals surface area (Å²) < 4.78 is 27.4. The molecule has 0 spiro atoms. The average Bonchev–Trinajstić information content (AvgIpc) is 2.28. The summed E-state index contributed by atoms with van der Waals surface area (Å²) in [6.07, 6.45) is 0.702. The number of nitrogens with zero attached hydrogens (tertiary/aromatic N) is 1. The molecule has 18 heavy (non-hydrogen) atoms. The summed E-state index contributed by atoms with van der Waals surface area (Å²) in [4.78, 5) is 0.215. The van der Waals surface area contributed by atoms with E-state index in [2.05, 4.69) is 31.9 Å². The predicted octanol–water partition coefficient (Wildman–Crippen LogP) is 2.60. The molecule has 0 aliphatic rings. The highest BCUT2D eigenvalue weighted by Crippen LogP contribution is 2.28. The molecule has 1 aromatic carbocycles. The van der Waals surface area contributed by atoms with E-state index in [-0.39, 0.29) is 18.0 Å². The maximum Gasteiger partial charge on any atom is 0.244 e. The Morgan fingerprint density at radius 1 is 1.28 bits per heavy atom. The van der Waals surface area contributed by atoms with Gasteiger partial charge in [-0.25, -0.2) is 8.42 Å². The number of sulfonamides is 1. The normalized spacial score (nSPS) is 12.1. The summed E-state index contributed by atoms with van der Waals surface area (Å²) in [5.41, 5.74) is 0. The van der Waals surface area contributed by atoms with Gasteiger partial charge in [0.25, 0.3) is 0 Å². The lowest BCUT2D eigenvalue weighted by molar-refractivity contribution is 0.253. The van der Waals surface area contributed by atoms with E-state index in [0.717, 1.165) is 4.47 Å². The van der Waals surface area contributed by atoms with E-state index in [1.807, 2.05) is 6.92 Å². The Morgan fingerprint density at radius 3 is 2.44 bits per heavy atom. The third-order valence-corrected chi connectivity index (χ3v) is 5.70. The molecule has 7 heteroatoms. The first-order valence-corrected chi connectivity index (χ1v) is 8.52. The van der Waals surface area contributed by atoms with Crippen LogP contribution < -0.4 is 0 Å². The Bertz CT molecular complexity index is 499. The van der Waals surface area contributed by atoms with Gasteiger partial charge >= 0.3 is 0 Å². The van der Waals surface area contributed by atoms with E-state index in [0.29, 0.717) is 17.4 Å². The fourth-order valence-electron chi connectivity index (χ4n) is 1.54. The van der Waals surface area contributed by atoms with E-state index >= 15 is 0 Å². The van der Waals surface area contributed by atoms with Crippen molar-refractivity contribution in [3.8, 4) is 0 Å². The SMILES string of the molecule is CCCN(CCO)S(=O)(=O)c1ccc(Br)cc1Br. The molecule has 0 atom stereocenters. The molecule has 1 aromatic rings. The molecule has 0 saturated carbocycles. The van der Waals surface area contributed by atoms with Crippen molar-refractivity contribution in [3.63, 3.8) is 0 Å². The highest BCUT2D eigenvalue weighted by molar-refractivity contribution is 9.11. The van der Waals surface area contributed by atoms with Crippen LogP contribution in [-0.4, -0.2) is 37.5 Å². The van der Waals surface area contributed by atoms with Gasteiger partial charge in [-0.05, 0) is 40.5 Å². The summed E-state index contributed by atoms with van der Waals surface area (Å²) in [6, 6.07) is 4.92. The zero-order valence-electron chi connectivity index (χ0n) is 9.94. The van der Waals surface area contributed by atoms with Crippen LogP contribution in [0.3, 0.4) is 0 Å². The number of halogens is 2. The molecule has 0 fully saturated rings. The number of aliphatic hydroxyl groups is 1. The molecule has 1 rings (SSSR count). The maximum absolute atomic E-state index is 12.4. The molecule has 0 radical (unpaired) electrons. The minimum atomic E-state index is -3.57. The Kier molecular flexibility index (Phi) is 6.26. The van der Waals surface area contributed by atoms with Crippen molar-refractivity contribution < 1.29 is 13.5 Å². The smallest absolute Gasteiger partial charge is 0.244 e. The summed E-state index contributed by atoms with van der Waals surface area (Å²) in [5, 5.41) is 8.96. The van der Waals surface area contributed by atoms with Crippen molar-refractivity contribution >= 4 is 41.9 Å². The molecule has 0 saturated heterocycles. The second-order valence-corrected chi connectivity index (χ2v) is 7.38. The molecule has 0 aliphatic carbocycles. The van der Waals surface area contributed by atoms with Crippen LogP contribution in [0.15, 0.2) is 32.0 Å². The van der Waals surface area contributed by atoms with Gasteiger partial charge in [-0.1, -0.05) is 22.9 Å². The highest BCUT2D eigenvalue weighted by Gasteiger charge is 2.25. The third-order valence-electron chi connectivity index (χ3n) is 2.33. The molecular formula is C11H15Br2NO3S. The molecule has 0 aliphatic heterocycles. The van der Waals surface area contributed by atoms with Gasteiger partial charge in [0.05, 0.1) is 11.5 Å². The van der Waals surface area contributed by atoms with E-state index in [4.69, 9.17) is 5.11 Å². The number of hydrogen-bond donors (Lipinski definition) is 1. The van der Waals surface area contributed by atoms with Gasteiger partial charge in [0.2, 0.25) is 10.0 Å². The van der Waals surface area contributed by atoms with Gasteiger partial charge in [-0.15, -0.1) is 0 Å². The molecule has 1 N–H and O–H groups in total. The summed E-state index contributed by atoms with van der Waals surface area (Å²) >= 11 is 6.54. The Balaban J connectivity index is 3.17. The molecule has 4 nitrogen and oxygen atoms in total. The van der Waals surface area contributed by atoms with Gasteiger partial charge in [0.15, 0.2) is 0 Å². The van der Waals surface area contributed by atoms with E-state index in [1.54, 1.807) is 18.2 Å². The van der Waals surface area contributed by atoms with Crippen molar-refractivity contribution in [2.75, 3.05) is 19.7 Å². The number of rotatable bonds is 6. The van der Waals surface area contributed by atoms with Crippen LogP contribution in [0, 0.1) is 0 Å². The predicted molar refractivity (Wildman–Crippen MR) is 78.0 cm³/mol. The van der Waals surface area contributed by atoms with Gasteiger partial charge in [-0.2, -0.15) is 4.31 Å². The van der Waals surface area contributed by atoms with E-state index < -0.39 is 10.0 Å². The van der Waals surface area contributed by atoms with Crippen molar-refractivity contribution in [3.05, 3.63) is 27.1 Å². The minimum Gasteiger partial charge on any atom is -0.395 e. The summed E-state index contributed by atoms with van der Waals surface area (Å²) in [7, 11) is -3.57. The number of hydrogen-bond acceptors (Lipinski definition) is 3. The molecular weight excluding hydrogens is 386 g/mol. The second-order valence-electron chi connectivity index (χ2n) is 3.70. The summed E-state index contributed by atoms with van der Waals surface area (Å²) in [6.45, 7) is 2.22. The number of benzene rings is 1. The largest absolute Gasteiger partial charge is 0.395 e. The van der Waals surface area contributed by atoms with E-state index in [1.165, 1.54) is 4.31 Å². The molecule has 0 unspecified atom stereocenters. The second kappa shape index (κ2) is 7.00. The minimum absolute atomic E-state index is 0.110. The van der Waals surface area contributed by atoms with Crippen molar-refractivity contribution in [2.24, 2.45) is 0 Å². The van der Waals surface area contributed by atoms with Gasteiger partial charge < -0.3 is 5.11 Å². The summed E-state index contributed by atoms with van der Waals surface area (Å²) in [5.74, 6) is 0. The van der Waals surface area contributed by atoms with Crippen molar-refractivity contribution in [1.82, 2.24) is 4.31 Å². The van der Waals surface area contributed by atoms with Crippen LogP contribution in [0.25, 0.3) is 0 Å². The highest BCUT2D eigenvalue weighted by atomic mass is 79.9. The molecule has 0 bridgehead atoms. The third kappa shape index (κ3) is 3.77. The topological polar surface area (TPSA) is 57.6 Å². The Morgan fingerprint density at radius 2 is 1.94 bits per heavy atom. The van der Waals surface area contributed by atoms with Crippen LogP contribution in [0.2, 0.25) is 0 Å². The van der Waals surface area contributed by atoms with Gasteiger partial charge in [0, 0.05) is 22.0 Å². The quantitative estimate of drug-likeness (QED) is 0.798. The van der Waals surface area contributed by atoms with Gasteiger partial charge in [-0.3, -0.25) is 0 Å². The molecule has 0 aromatic heterocycles. The Labute approximate surface area is 124 Å². The first-order chi connectivity index (χ1) is 8.43. The van der Waals surface area contributed by atoms with Crippen LogP contribution in [0.1, 0.15) is 13.3 Å². The molecule has 102 valence electrons. The standard InChI is InChI=1S/C11H15Br2NO3S/c1-2-5-14(6-7-15)18(16,17)11-4-3-9(12)8-10(11)13/h3-4,8,15H,2,5-7H2,1H3. The molecule has 0 heterocycles. The monoisotopic (exact) mass is 399 g/mol. The number of aliphatic hydroxyl groups excluding tert-OH is 1. The zero-order valence-corrected chi connectivity index (χ0v) is 13.9. The molecule has 0 amide bonds. The van der Waals surface area contributed by atoms with Crippen LogP contribution in [-0.2, 0) is 10.0 Å². The first kappa shape index (κ1) is 16.1. The zero-order chi connectivity index (χ0) is 13.8. The van der Waals surface area contributed by atoms with Crippen molar-refractivity contribution in [2.45, 2.75) is 18.2 Å². The Hall–Kier alpha value is 0.0500. The first-order valence-electron chi connectivity index (χ1n) is 5.49. The fraction of sp³-hybridized carbons (Fsp3) is 0.455. The van der Waals surface area contributed by atoms with Crippen LogP contribution >= 0.6 is 31.9 Å². The fourth-order valence-corrected chi connectivity index (χ4v) is 4.77. The average molecular weight is 401 g/mol. The maximum atomic E-state index is 12.4. The van der Waals surface area contributed by atoms with Crippen LogP contribution in [0.5, 0.6) is 0 Å².